The number of hydrogen-bond acceptors (Lipinski definition) is 6. The van der Waals surface area contributed by atoms with Gasteiger partial charge in [-0.25, -0.2) is 15.0 Å². The summed E-state index contributed by atoms with van der Waals surface area (Å²) in [4.78, 5) is 13.1. The Labute approximate surface area is 151 Å². The Balaban J connectivity index is 1.49. The molecule has 0 spiro atoms. The number of pyridine rings is 1. The second-order valence-corrected chi connectivity index (χ2v) is 5.97. The number of aryl methyl sites for hydroxylation is 1. The number of nitrogens with one attached hydrogen (secondary N) is 2. The van der Waals surface area contributed by atoms with Gasteiger partial charge in [0.05, 0.1) is 12.1 Å². The van der Waals surface area contributed by atoms with Crippen LogP contribution in [0, 0.1) is 6.92 Å². The maximum atomic E-state index is 5.58. The summed E-state index contributed by atoms with van der Waals surface area (Å²) in [5, 5.41) is 7.65. The molecule has 0 aliphatic carbocycles. The standard InChI is InChI=1S/C20H19N5O/c1-14-6-7-16(26-14)13-23-19-9-8-17-15(4-2-5-18(17)25-19)12-24-20-21-10-3-11-22-20/h2-11H,12-13H2,1H3,(H,23,25)(H,21,22,24). The lowest BCUT2D eigenvalue weighted by atomic mass is 10.1. The highest BCUT2D eigenvalue weighted by Crippen LogP contribution is 2.21. The van der Waals surface area contributed by atoms with Crippen molar-refractivity contribution in [3.8, 4) is 0 Å². The highest BCUT2D eigenvalue weighted by Gasteiger charge is 2.05. The molecule has 1 aromatic carbocycles. The van der Waals surface area contributed by atoms with Crippen LogP contribution in [0.5, 0.6) is 0 Å². The molecule has 2 N–H and O–H groups in total. The van der Waals surface area contributed by atoms with Gasteiger partial charge in [0, 0.05) is 24.3 Å². The topological polar surface area (TPSA) is 75.9 Å². The molecule has 0 atom stereocenters. The Bertz CT molecular complexity index is 1010. The molecule has 0 aliphatic heterocycles. The monoisotopic (exact) mass is 345 g/mol. The third-order valence-corrected chi connectivity index (χ3v) is 4.06. The maximum Gasteiger partial charge on any atom is 0.222 e. The molecule has 6 nitrogen and oxygen atoms in total. The van der Waals surface area contributed by atoms with Crippen LogP contribution >= 0.6 is 0 Å². The SMILES string of the molecule is Cc1ccc(CNc2ccc3c(CNc4ncccn4)cccc3n2)o1. The molecule has 6 heteroatoms. The maximum absolute atomic E-state index is 5.58. The van der Waals surface area contributed by atoms with Crippen LogP contribution in [0.4, 0.5) is 11.8 Å². The van der Waals surface area contributed by atoms with Crippen molar-refractivity contribution >= 4 is 22.7 Å². The molecule has 0 fully saturated rings. The third kappa shape index (κ3) is 3.64. The lowest BCUT2D eigenvalue weighted by molar-refractivity contribution is 0.490. The van der Waals surface area contributed by atoms with E-state index in [1.165, 1.54) is 0 Å². The molecule has 0 unspecified atom stereocenters. The molecule has 4 aromatic rings. The van der Waals surface area contributed by atoms with E-state index in [1.807, 2.05) is 37.3 Å². The highest BCUT2D eigenvalue weighted by molar-refractivity contribution is 5.83. The van der Waals surface area contributed by atoms with Crippen LogP contribution in [0.15, 0.2) is 65.3 Å². The van der Waals surface area contributed by atoms with Crippen LogP contribution in [0.25, 0.3) is 10.9 Å². The van der Waals surface area contributed by atoms with E-state index < -0.39 is 0 Å². The zero-order chi connectivity index (χ0) is 17.8. The molecule has 3 heterocycles. The largest absolute Gasteiger partial charge is 0.465 e. The first-order valence-corrected chi connectivity index (χ1v) is 8.47. The van der Waals surface area contributed by atoms with E-state index in [2.05, 4.69) is 32.7 Å². The first-order valence-electron chi connectivity index (χ1n) is 8.47. The summed E-state index contributed by atoms with van der Waals surface area (Å²) in [5.41, 5.74) is 2.09. The van der Waals surface area contributed by atoms with Crippen molar-refractivity contribution in [2.24, 2.45) is 0 Å². The van der Waals surface area contributed by atoms with Gasteiger partial charge >= 0.3 is 0 Å². The summed E-state index contributed by atoms with van der Waals surface area (Å²) >= 11 is 0. The van der Waals surface area contributed by atoms with Crippen LogP contribution in [-0.2, 0) is 13.1 Å². The summed E-state index contributed by atoms with van der Waals surface area (Å²) in [6.07, 6.45) is 3.44. The van der Waals surface area contributed by atoms with Crippen molar-refractivity contribution in [1.29, 1.82) is 0 Å². The molecular weight excluding hydrogens is 326 g/mol. The fraction of sp³-hybridized carbons (Fsp3) is 0.150. The fourth-order valence-electron chi connectivity index (χ4n) is 2.79. The van der Waals surface area contributed by atoms with E-state index in [1.54, 1.807) is 18.5 Å². The number of fused-ring (bicyclic) bond motifs is 1. The van der Waals surface area contributed by atoms with Crippen LogP contribution in [0.3, 0.4) is 0 Å². The molecule has 130 valence electrons. The van der Waals surface area contributed by atoms with Crippen LogP contribution in [-0.4, -0.2) is 15.0 Å². The summed E-state index contributed by atoms with van der Waals surface area (Å²) in [7, 11) is 0. The van der Waals surface area contributed by atoms with Crippen molar-refractivity contribution < 1.29 is 4.42 Å². The van der Waals surface area contributed by atoms with E-state index in [0.717, 1.165) is 33.8 Å². The Hall–Kier alpha value is -3.41. The molecule has 3 aromatic heterocycles. The Kier molecular flexibility index (Phi) is 4.47. The van der Waals surface area contributed by atoms with Gasteiger partial charge in [0.2, 0.25) is 5.95 Å². The minimum absolute atomic E-state index is 0.610. The first kappa shape index (κ1) is 16.1. The predicted molar refractivity (Wildman–Crippen MR) is 102 cm³/mol. The van der Waals surface area contributed by atoms with E-state index in [9.17, 15) is 0 Å². The van der Waals surface area contributed by atoms with Gasteiger partial charge in [-0.05, 0) is 48.9 Å². The molecular formula is C20H19N5O. The molecule has 0 aliphatic rings. The molecule has 4 rings (SSSR count). The van der Waals surface area contributed by atoms with Crippen molar-refractivity contribution in [1.82, 2.24) is 15.0 Å². The van der Waals surface area contributed by atoms with Crippen LogP contribution in [0.2, 0.25) is 0 Å². The summed E-state index contributed by atoms with van der Waals surface area (Å²) < 4.78 is 5.58. The summed E-state index contributed by atoms with van der Waals surface area (Å²) in [6, 6.07) is 15.9. The lowest BCUT2D eigenvalue weighted by Crippen LogP contribution is -2.04. The second kappa shape index (κ2) is 7.23. The van der Waals surface area contributed by atoms with Crippen LogP contribution < -0.4 is 10.6 Å². The average Bonchev–Trinajstić information content (AvgIpc) is 3.10. The summed E-state index contributed by atoms with van der Waals surface area (Å²) in [6.45, 7) is 3.19. The number of hydrogen-bond donors (Lipinski definition) is 2. The zero-order valence-electron chi connectivity index (χ0n) is 14.4. The van der Waals surface area contributed by atoms with Crippen molar-refractivity contribution in [3.05, 3.63) is 78.0 Å². The van der Waals surface area contributed by atoms with E-state index in [-0.39, 0.29) is 0 Å². The number of anilines is 2. The van der Waals surface area contributed by atoms with E-state index in [4.69, 9.17) is 9.40 Å². The number of aromatic nitrogens is 3. The van der Waals surface area contributed by atoms with Gasteiger partial charge in [-0.1, -0.05) is 12.1 Å². The lowest BCUT2D eigenvalue weighted by Gasteiger charge is -2.10. The van der Waals surface area contributed by atoms with Crippen molar-refractivity contribution in [3.63, 3.8) is 0 Å². The smallest absolute Gasteiger partial charge is 0.222 e. The van der Waals surface area contributed by atoms with Crippen molar-refractivity contribution in [2.75, 3.05) is 10.6 Å². The quantitative estimate of drug-likeness (QED) is 0.547. The molecule has 0 saturated heterocycles. The van der Waals surface area contributed by atoms with Gasteiger partial charge in [-0.15, -0.1) is 0 Å². The normalized spacial score (nSPS) is 10.8. The van der Waals surface area contributed by atoms with Gasteiger partial charge in [-0.2, -0.15) is 0 Å². The van der Waals surface area contributed by atoms with Gasteiger partial charge in [0.1, 0.15) is 17.3 Å². The Morgan fingerprint density at radius 3 is 2.58 bits per heavy atom. The fourth-order valence-corrected chi connectivity index (χ4v) is 2.79. The molecule has 26 heavy (non-hydrogen) atoms. The summed E-state index contributed by atoms with van der Waals surface area (Å²) in [5.74, 6) is 3.24. The number of rotatable bonds is 6. The van der Waals surface area contributed by atoms with E-state index >= 15 is 0 Å². The predicted octanol–water partition coefficient (Wildman–Crippen LogP) is 4.15. The van der Waals surface area contributed by atoms with E-state index in [0.29, 0.717) is 19.0 Å². The van der Waals surface area contributed by atoms with Crippen LogP contribution in [0.1, 0.15) is 17.1 Å². The zero-order valence-corrected chi connectivity index (χ0v) is 14.4. The Morgan fingerprint density at radius 1 is 0.885 bits per heavy atom. The highest BCUT2D eigenvalue weighted by atomic mass is 16.3. The van der Waals surface area contributed by atoms with Gasteiger partial charge < -0.3 is 15.1 Å². The van der Waals surface area contributed by atoms with Gasteiger partial charge in [-0.3, -0.25) is 0 Å². The Morgan fingerprint density at radius 2 is 1.77 bits per heavy atom. The number of furan rings is 1. The minimum atomic E-state index is 0.610. The minimum Gasteiger partial charge on any atom is -0.465 e. The van der Waals surface area contributed by atoms with Gasteiger partial charge in [0.15, 0.2) is 0 Å². The number of nitrogens with zero attached hydrogens (tertiary/aromatic N) is 3. The molecule has 0 saturated carbocycles. The molecule has 0 radical (unpaired) electrons. The van der Waals surface area contributed by atoms with Crippen molar-refractivity contribution in [2.45, 2.75) is 20.0 Å². The first-order chi connectivity index (χ1) is 12.8. The third-order valence-electron chi connectivity index (χ3n) is 4.06. The average molecular weight is 345 g/mol. The number of benzene rings is 1. The molecule has 0 amide bonds. The second-order valence-electron chi connectivity index (χ2n) is 5.97. The molecule has 0 bridgehead atoms. The van der Waals surface area contributed by atoms with Gasteiger partial charge in [0.25, 0.3) is 0 Å².